The van der Waals surface area contributed by atoms with Gasteiger partial charge >= 0.3 is 11.9 Å². The molecule has 0 bridgehead atoms. The summed E-state index contributed by atoms with van der Waals surface area (Å²) in [6.45, 7) is 28.7. The number of allylic oxidation sites excluding steroid dienone is 2. The Kier molecular flexibility index (Phi) is 18.5. The molecule has 0 radical (unpaired) electrons. The number of carbonyl (C=O) groups is 4. The lowest BCUT2D eigenvalue weighted by atomic mass is 9.87. The molecule has 2 aliphatic heterocycles. The number of hydrogen-bond donors (Lipinski definition) is 3. The van der Waals surface area contributed by atoms with Crippen LogP contribution in [0.15, 0.2) is 55.1 Å². The van der Waals surface area contributed by atoms with Gasteiger partial charge in [0.05, 0.1) is 5.57 Å². The number of esters is 2. The maximum Gasteiger partial charge on any atom is 0.342 e. The summed E-state index contributed by atoms with van der Waals surface area (Å²) in [5.41, 5.74) is 1.39. The molecule has 2 heterocycles. The minimum absolute atomic E-state index is 0.0734. The summed E-state index contributed by atoms with van der Waals surface area (Å²) in [4.78, 5) is 65.6. The Bertz CT molecular complexity index is 1640. The lowest BCUT2D eigenvalue weighted by molar-refractivity contribution is -0.150. The number of hydrogen-bond acceptors (Lipinski definition) is 8. The smallest absolute Gasteiger partial charge is 0.342 e. The number of rotatable bonds is 18. The first kappa shape index (κ1) is 48.1. The van der Waals surface area contributed by atoms with Crippen LogP contribution >= 0.6 is 0 Å². The molecular weight excluding hydrogens is 707 g/mol. The first-order chi connectivity index (χ1) is 26.1. The van der Waals surface area contributed by atoms with Crippen molar-refractivity contribution in [3.63, 3.8) is 0 Å². The monoisotopic (exact) mass is 780 g/mol. The van der Waals surface area contributed by atoms with E-state index in [1.54, 1.807) is 27.7 Å². The van der Waals surface area contributed by atoms with E-state index in [4.69, 9.17) is 19.5 Å². The molecule has 0 saturated heterocycles. The molecule has 3 N–H and O–H groups in total. The molecule has 11 heteroatoms. The van der Waals surface area contributed by atoms with E-state index in [1.807, 2.05) is 55.4 Å². The second-order valence-corrected chi connectivity index (χ2v) is 17.4. The molecule has 0 aliphatic carbocycles. The largest absolute Gasteiger partial charge is 0.456 e. The first-order valence-corrected chi connectivity index (χ1v) is 21.1. The van der Waals surface area contributed by atoms with E-state index < -0.39 is 23.1 Å². The second-order valence-electron chi connectivity index (χ2n) is 17.4. The third-order valence-corrected chi connectivity index (χ3v) is 9.87. The van der Waals surface area contributed by atoms with Crippen LogP contribution in [0, 0.1) is 17.8 Å². The van der Waals surface area contributed by atoms with Gasteiger partial charge in [0.15, 0.2) is 5.84 Å². The number of amidine groups is 2. The third-order valence-electron chi connectivity index (χ3n) is 9.87. The van der Waals surface area contributed by atoms with E-state index in [9.17, 15) is 19.2 Å². The Balaban J connectivity index is 3.05. The molecule has 2 amide bonds. The molecule has 11 nitrogen and oxygen atoms in total. The van der Waals surface area contributed by atoms with Crippen LogP contribution in [0.1, 0.15) is 174 Å². The number of nitrogens with one attached hydrogen (secondary N) is 3. The van der Waals surface area contributed by atoms with E-state index in [0.29, 0.717) is 53.8 Å². The highest BCUT2D eigenvalue weighted by Gasteiger charge is 2.36. The minimum atomic E-state index is -0.812. The van der Waals surface area contributed by atoms with Crippen molar-refractivity contribution in [1.82, 2.24) is 16.0 Å². The summed E-state index contributed by atoms with van der Waals surface area (Å²) < 4.78 is 11.9. The van der Waals surface area contributed by atoms with E-state index >= 15 is 0 Å². The zero-order valence-corrected chi connectivity index (χ0v) is 37.4. The lowest BCUT2D eigenvalue weighted by Gasteiger charge is -2.25. The fraction of sp³-hybridized carbons (Fsp3) is 0.689. The van der Waals surface area contributed by atoms with Crippen molar-refractivity contribution in [2.24, 2.45) is 27.7 Å². The van der Waals surface area contributed by atoms with Crippen LogP contribution in [0.25, 0.3) is 0 Å². The molecule has 2 atom stereocenters. The number of nitrogens with zero attached hydrogens (tertiary/aromatic N) is 2. The normalized spacial score (nSPS) is 17.2. The maximum atomic E-state index is 14.4. The van der Waals surface area contributed by atoms with Gasteiger partial charge in [-0.2, -0.15) is 0 Å². The van der Waals surface area contributed by atoms with Crippen molar-refractivity contribution in [3.05, 3.63) is 45.1 Å². The third kappa shape index (κ3) is 13.6. The molecule has 2 aliphatic rings. The van der Waals surface area contributed by atoms with Gasteiger partial charge in [-0.3, -0.25) is 9.59 Å². The summed E-state index contributed by atoms with van der Waals surface area (Å²) in [5.74, 6) is -1.22. The molecule has 314 valence electrons. The van der Waals surface area contributed by atoms with Crippen LogP contribution in [-0.4, -0.2) is 46.6 Å². The molecular formula is C45H73N5O6. The second kappa shape index (κ2) is 21.5. The minimum Gasteiger partial charge on any atom is -0.456 e. The number of ether oxygens (including phenoxy) is 2. The fourth-order valence-electron chi connectivity index (χ4n) is 6.71. The molecule has 2 rings (SSSR count). The van der Waals surface area contributed by atoms with Gasteiger partial charge in [-0.25, -0.2) is 19.6 Å². The zero-order chi connectivity index (χ0) is 42.5. The van der Waals surface area contributed by atoms with Crippen LogP contribution in [0.2, 0.25) is 0 Å². The highest BCUT2D eigenvalue weighted by Crippen LogP contribution is 2.37. The standard InChI is InChI=1S/C45H73N5O6/c1-16-21-24-30(19-4)40(51)49-36-28(8)32(26-23-18-3)35(43(54)56-45(13,14)15)33(27(6)7)38(46-36)47-37-29(9)34(42(53)55-44(10,11)12)39(48-37)50-41(52)31(20-5)25-22-17-2/h27,30-31,46H,16-26H2,1-15H3,(H,49,51)(H,47,48,50,52). The molecule has 56 heavy (non-hydrogen) atoms. The van der Waals surface area contributed by atoms with E-state index in [2.05, 4.69) is 36.7 Å². The van der Waals surface area contributed by atoms with Crippen LogP contribution < -0.4 is 16.0 Å². The highest BCUT2D eigenvalue weighted by atomic mass is 16.6. The van der Waals surface area contributed by atoms with E-state index in [1.165, 1.54) is 0 Å². The summed E-state index contributed by atoms with van der Waals surface area (Å²) in [6.07, 6.45) is 8.80. The average Bonchev–Trinajstić information content (AvgIpc) is 3.33. The highest BCUT2D eigenvalue weighted by molar-refractivity contribution is 6.33. The molecule has 0 spiro atoms. The first-order valence-electron chi connectivity index (χ1n) is 21.1. The predicted octanol–water partition coefficient (Wildman–Crippen LogP) is 9.65. The van der Waals surface area contributed by atoms with Crippen molar-refractivity contribution in [2.45, 2.75) is 186 Å². The van der Waals surface area contributed by atoms with Crippen molar-refractivity contribution in [2.75, 3.05) is 0 Å². The van der Waals surface area contributed by atoms with Gasteiger partial charge in [0.2, 0.25) is 11.8 Å². The molecule has 2 unspecified atom stereocenters. The number of aliphatic imine (C=N–C) groups is 2. The quantitative estimate of drug-likeness (QED) is 0.117. The van der Waals surface area contributed by atoms with Crippen LogP contribution in [0.3, 0.4) is 0 Å². The van der Waals surface area contributed by atoms with E-state index in [0.717, 1.165) is 50.5 Å². The summed E-state index contributed by atoms with van der Waals surface area (Å²) in [7, 11) is 0. The Morgan fingerprint density at radius 3 is 1.64 bits per heavy atom. The van der Waals surface area contributed by atoms with E-state index in [-0.39, 0.29) is 52.6 Å². The number of carbonyl (C=O) groups excluding carboxylic acids is 4. The van der Waals surface area contributed by atoms with Crippen molar-refractivity contribution in [3.8, 4) is 0 Å². The Hall–Kier alpha value is -4.02. The number of amides is 2. The van der Waals surface area contributed by atoms with Crippen LogP contribution in [0.5, 0.6) is 0 Å². The van der Waals surface area contributed by atoms with Gasteiger partial charge in [0.1, 0.15) is 34.3 Å². The van der Waals surface area contributed by atoms with Crippen molar-refractivity contribution >= 4 is 35.4 Å². The number of unbranched alkanes of at least 4 members (excludes halogenated alkanes) is 3. The molecule has 0 fully saturated rings. The lowest BCUT2D eigenvalue weighted by Crippen LogP contribution is -2.38. The Morgan fingerprint density at radius 1 is 0.714 bits per heavy atom. The maximum absolute atomic E-state index is 14.4. The van der Waals surface area contributed by atoms with Crippen molar-refractivity contribution < 1.29 is 28.7 Å². The van der Waals surface area contributed by atoms with Gasteiger partial charge in [-0.15, -0.1) is 0 Å². The molecule has 0 saturated carbocycles. The molecule has 0 aromatic rings. The molecule has 0 aromatic heterocycles. The van der Waals surface area contributed by atoms with Gasteiger partial charge in [0.25, 0.3) is 0 Å². The zero-order valence-electron chi connectivity index (χ0n) is 37.4. The van der Waals surface area contributed by atoms with Gasteiger partial charge in [0, 0.05) is 23.0 Å². The van der Waals surface area contributed by atoms with Crippen molar-refractivity contribution in [1.29, 1.82) is 0 Å². The van der Waals surface area contributed by atoms with Gasteiger partial charge < -0.3 is 25.4 Å². The summed E-state index contributed by atoms with van der Waals surface area (Å²) in [5, 5.41) is 9.59. The van der Waals surface area contributed by atoms with Crippen LogP contribution in [0.4, 0.5) is 0 Å². The topological polar surface area (TPSA) is 148 Å². The Labute approximate surface area is 337 Å². The van der Waals surface area contributed by atoms with Gasteiger partial charge in [-0.1, -0.05) is 80.6 Å². The predicted molar refractivity (Wildman–Crippen MR) is 226 cm³/mol. The van der Waals surface area contributed by atoms with Gasteiger partial charge in [-0.05, 0) is 111 Å². The summed E-state index contributed by atoms with van der Waals surface area (Å²) >= 11 is 0. The molecule has 0 aromatic carbocycles. The SMILES string of the molecule is CCCCC1=C(C(=O)OC(C)(C)C)C(C(C)C)=C(/N=C2\N=C(NC(=O)C(CC)CCCC)C(C(=O)OC(C)(C)C)=C2C)NC(NC(=O)C(CC)CCCC)=C1C. The summed E-state index contributed by atoms with van der Waals surface area (Å²) in [6, 6.07) is 0. The van der Waals surface area contributed by atoms with Crippen LogP contribution in [-0.2, 0) is 28.7 Å². The Morgan fingerprint density at radius 2 is 1.20 bits per heavy atom. The average molecular weight is 780 g/mol. The fourth-order valence-corrected chi connectivity index (χ4v) is 6.71.